The summed E-state index contributed by atoms with van der Waals surface area (Å²) in [5, 5.41) is 2.81. The number of piperidine rings is 2. The number of hydrogen-bond acceptors (Lipinski definition) is 4. The molecule has 1 spiro atoms. The normalized spacial score (nSPS) is 22.5. The lowest BCUT2D eigenvalue weighted by molar-refractivity contribution is -0.180. The van der Waals surface area contributed by atoms with Crippen molar-refractivity contribution in [3.05, 3.63) is 48.3 Å². The standard InChI is InChI=1S/C23H28FN5O3/c24-17-4-6-18(7-5-17)26-22(31)28-13-8-23(9-14-28)21-25-10-15-29(21)16-19(32-23)20(30)27-11-2-1-3-12-27/h4-7,10,15,19H,1-3,8-9,11-14,16H2,(H,26,31)/t19-/m0/s1. The highest BCUT2D eigenvalue weighted by molar-refractivity contribution is 5.89. The third-order valence-corrected chi connectivity index (χ3v) is 6.75. The van der Waals surface area contributed by atoms with Crippen molar-refractivity contribution >= 4 is 17.6 Å². The first-order valence-electron chi connectivity index (χ1n) is 11.3. The molecule has 3 aliphatic rings. The number of rotatable bonds is 2. The number of benzene rings is 1. The Labute approximate surface area is 186 Å². The smallest absolute Gasteiger partial charge is 0.321 e. The minimum absolute atomic E-state index is 0.0555. The van der Waals surface area contributed by atoms with Crippen molar-refractivity contribution in [2.75, 3.05) is 31.5 Å². The van der Waals surface area contributed by atoms with Gasteiger partial charge in [-0.3, -0.25) is 4.79 Å². The molecule has 3 amide bonds. The van der Waals surface area contributed by atoms with Gasteiger partial charge in [0, 0.05) is 57.1 Å². The number of likely N-dealkylation sites (tertiary alicyclic amines) is 2. The summed E-state index contributed by atoms with van der Waals surface area (Å²) in [5.41, 5.74) is -0.127. The van der Waals surface area contributed by atoms with E-state index >= 15 is 0 Å². The van der Waals surface area contributed by atoms with E-state index in [2.05, 4.69) is 10.3 Å². The second kappa shape index (κ2) is 8.54. The molecule has 170 valence electrons. The van der Waals surface area contributed by atoms with Gasteiger partial charge in [0.2, 0.25) is 0 Å². The molecule has 1 atom stereocenters. The number of amides is 3. The molecule has 9 heteroatoms. The molecule has 2 aromatic rings. The number of aromatic nitrogens is 2. The fourth-order valence-electron chi connectivity index (χ4n) is 4.99. The molecule has 1 N–H and O–H groups in total. The number of carbonyl (C=O) groups excluding carboxylic acids is 2. The first-order chi connectivity index (χ1) is 15.5. The first kappa shape index (κ1) is 20.9. The van der Waals surface area contributed by atoms with E-state index in [1.165, 1.54) is 30.7 Å². The zero-order valence-electron chi connectivity index (χ0n) is 18.0. The molecule has 2 fully saturated rings. The summed E-state index contributed by atoms with van der Waals surface area (Å²) in [5.74, 6) is 0.542. The average molecular weight is 442 g/mol. The number of halogens is 1. The van der Waals surface area contributed by atoms with Crippen LogP contribution in [0.25, 0.3) is 0 Å². The summed E-state index contributed by atoms with van der Waals surface area (Å²) in [4.78, 5) is 34.1. The molecule has 3 aliphatic heterocycles. The van der Waals surface area contributed by atoms with E-state index in [0.717, 1.165) is 31.8 Å². The summed E-state index contributed by atoms with van der Waals surface area (Å²) >= 11 is 0. The van der Waals surface area contributed by atoms with Crippen LogP contribution in [0.1, 0.15) is 37.9 Å². The molecular formula is C23H28FN5O3. The van der Waals surface area contributed by atoms with Gasteiger partial charge in [-0.05, 0) is 43.5 Å². The third-order valence-electron chi connectivity index (χ3n) is 6.75. The quantitative estimate of drug-likeness (QED) is 0.777. The number of nitrogens with zero attached hydrogens (tertiary/aromatic N) is 4. The predicted molar refractivity (Wildman–Crippen MR) is 115 cm³/mol. The zero-order valence-corrected chi connectivity index (χ0v) is 18.0. The average Bonchev–Trinajstić information content (AvgIpc) is 3.31. The van der Waals surface area contributed by atoms with Crippen LogP contribution in [-0.4, -0.2) is 63.6 Å². The van der Waals surface area contributed by atoms with Crippen LogP contribution in [0, 0.1) is 5.82 Å². The van der Waals surface area contributed by atoms with Crippen molar-refractivity contribution in [2.45, 2.75) is 50.4 Å². The Hall–Kier alpha value is -2.94. The molecule has 2 saturated heterocycles. The predicted octanol–water partition coefficient (Wildman–Crippen LogP) is 2.96. The van der Waals surface area contributed by atoms with Gasteiger partial charge in [-0.15, -0.1) is 0 Å². The number of carbonyl (C=O) groups is 2. The summed E-state index contributed by atoms with van der Waals surface area (Å²) < 4.78 is 21.6. The van der Waals surface area contributed by atoms with Crippen molar-refractivity contribution in [3.8, 4) is 0 Å². The number of anilines is 1. The fourth-order valence-corrected chi connectivity index (χ4v) is 4.99. The summed E-state index contributed by atoms with van der Waals surface area (Å²) in [6.07, 6.45) is 7.49. The Bertz CT molecular complexity index is 978. The maximum atomic E-state index is 13.2. The van der Waals surface area contributed by atoms with Crippen LogP contribution in [0.2, 0.25) is 0 Å². The lowest BCUT2D eigenvalue weighted by atomic mass is 9.88. The van der Waals surface area contributed by atoms with Gasteiger partial charge in [-0.1, -0.05) is 0 Å². The third kappa shape index (κ3) is 3.97. The molecular weight excluding hydrogens is 413 g/mol. The monoisotopic (exact) mass is 441 g/mol. The van der Waals surface area contributed by atoms with Crippen LogP contribution in [0.3, 0.4) is 0 Å². The summed E-state index contributed by atoms with van der Waals surface area (Å²) in [6, 6.07) is 5.48. The van der Waals surface area contributed by atoms with E-state index < -0.39 is 11.7 Å². The van der Waals surface area contributed by atoms with E-state index in [4.69, 9.17) is 4.74 Å². The van der Waals surface area contributed by atoms with E-state index in [0.29, 0.717) is 38.2 Å². The molecule has 4 heterocycles. The molecule has 5 rings (SSSR count). The molecule has 0 saturated carbocycles. The van der Waals surface area contributed by atoms with E-state index in [1.54, 1.807) is 11.1 Å². The highest BCUT2D eigenvalue weighted by atomic mass is 19.1. The van der Waals surface area contributed by atoms with Crippen molar-refractivity contribution < 1.29 is 18.7 Å². The van der Waals surface area contributed by atoms with E-state index in [1.807, 2.05) is 15.7 Å². The maximum Gasteiger partial charge on any atom is 0.321 e. The minimum atomic E-state index is -0.676. The molecule has 0 unspecified atom stereocenters. The molecule has 1 aromatic carbocycles. The van der Waals surface area contributed by atoms with Gasteiger partial charge >= 0.3 is 6.03 Å². The molecule has 32 heavy (non-hydrogen) atoms. The Morgan fingerprint density at radius 2 is 1.75 bits per heavy atom. The van der Waals surface area contributed by atoms with Gasteiger partial charge in [0.1, 0.15) is 17.2 Å². The highest BCUT2D eigenvalue weighted by Crippen LogP contribution is 2.40. The summed E-state index contributed by atoms with van der Waals surface area (Å²) in [6.45, 7) is 3.01. The second-order valence-electron chi connectivity index (χ2n) is 8.81. The minimum Gasteiger partial charge on any atom is -0.352 e. The zero-order chi connectivity index (χ0) is 22.1. The van der Waals surface area contributed by atoms with Gasteiger partial charge in [-0.25, -0.2) is 14.2 Å². The Morgan fingerprint density at radius 3 is 2.47 bits per heavy atom. The lowest BCUT2D eigenvalue weighted by Gasteiger charge is -2.46. The SMILES string of the molecule is O=C(Nc1ccc(F)cc1)N1CCC2(CC1)O[C@H](C(=O)N1CCCCC1)Cn1ccnc12. The highest BCUT2D eigenvalue weighted by Gasteiger charge is 2.48. The van der Waals surface area contributed by atoms with Gasteiger partial charge < -0.3 is 24.4 Å². The van der Waals surface area contributed by atoms with Crippen LogP contribution < -0.4 is 5.32 Å². The number of urea groups is 1. The van der Waals surface area contributed by atoms with Crippen LogP contribution in [0.5, 0.6) is 0 Å². The molecule has 1 aromatic heterocycles. The van der Waals surface area contributed by atoms with E-state index in [9.17, 15) is 14.0 Å². The lowest BCUT2D eigenvalue weighted by Crippen LogP contribution is -2.56. The van der Waals surface area contributed by atoms with Crippen LogP contribution in [-0.2, 0) is 21.7 Å². The molecule has 0 radical (unpaired) electrons. The summed E-state index contributed by atoms with van der Waals surface area (Å²) in [7, 11) is 0. The van der Waals surface area contributed by atoms with Crippen LogP contribution in [0.15, 0.2) is 36.7 Å². The number of nitrogens with one attached hydrogen (secondary N) is 1. The van der Waals surface area contributed by atoms with Gasteiger partial charge in [0.25, 0.3) is 5.91 Å². The van der Waals surface area contributed by atoms with Crippen molar-refractivity contribution in [2.24, 2.45) is 0 Å². The fraction of sp³-hybridized carbons (Fsp3) is 0.522. The van der Waals surface area contributed by atoms with Gasteiger partial charge in [0.15, 0.2) is 6.10 Å². The Kier molecular flexibility index (Phi) is 5.58. The first-order valence-corrected chi connectivity index (χ1v) is 11.3. The van der Waals surface area contributed by atoms with Crippen molar-refractivity contribution in [1.82, 2.24) is 19.4 Å². The number of ether oxygens (including phenoxy) is 1. The molecule has 8 nitrogen and oxygen atoms in total. The Balaban J connectivity index is 1.27. The van der Waals surface area contributed by atoms with Gasteiger partial charge in [-0.2, -0.15) is 0 Å². The van der Waals surface area contributed by atoms with E-state index in [-0.39, 0.29) is 17.8 Å². The second-order valence-corrected chi connectivity index (χ2v) is 8.81. The molecule has 0 bridgehead atoms. The van der Waals surface area contributed by atoms with Gasteiger partial charge in [0.05, 0.1) is 6.54 Å². The Morgan fingerprint density at radius 1 is 1.03 bits per heavy atom. The van der Waals surface area contributed by atoms with Crippen molar-refractivity contribution in [1.29, 1.82) is 0 Å². The largest absolute Gasteiger partial charge is 0.352 e. The maximum absolute atomic E-state index is 13.2. The molecule has 0 aliphatic carbocycles. The number of imidazole rings is 1. The topological polar surface area (TPSA) is 79.7 Å². The number of fused-ring (bicyclic) bond motifs is 2. The van der Waals surface area contributed by atoms with Crippen molar-refractivity contribution in [3.63, 3.8) is 0 Å². The van der Waals surface area contributed by atoms with Crippen LogP contribution >= 0.6 is 0 Å². The number of hydrogen-bond donors (Lipinski definition) is 1. The van der Waals surface area contributed by atoms with Crippen LogP contribution in [0.4, 0.5) is 14.9 Å².